The van der Waals surface area contributed by atoms with E-state index in [1.54, 1.807) is 6.07 Å². The van der Waals surface area contributed by atoms with Crippen LogP contribution in [-0.4, -0.2) is 23.7 Å². The van der Waals surface area contributed by atoms with Crippen LogP contribution in [0.15, 0.2) is 47.1 Å². The molecule has 4 nitrogen and oxygen atoms in total. The highest BCUT2D eigenvalue weighted by Crippen LogP contribution is 2.09. The van der Waals surface area contributed by atoms with Crippen molar-refractivity contribution in [1.29, 1.82) is 0 Å². The summed E-state index contributed by atoms with van der Waals surface area (Å²) in [5.41, 5.74) is 1.85. The molecule has 19 heavy (non-hydrogen) atoms. The van der Waals surface area contributed by atoms with Gasteiger partial charge >= 0.3 is 0 Å². The lowest BCUT2D eigenvalue weighted by Gasteiger charge is -2.15. The maximum Gasteiger partial charge on any atom is 0.287 e. The summed E-state index contributed by atoms with van der Waals surface area (Å²) in [6.45, 7) is 1.70. The molecule has 0 unspecified atom stereocenters. The quantitative estimate of drug-likeness (QED) is 0.862. The molecule has 0 saturated carbocycles. The van der Waals surface area contributed by atoms with E-state index in [1.807, 2.05) is 37.3 Å². The number of aliphatic hydroxyl groups is 1. The zero-order valence-corrected chi connectivity index (χ0v) is 10.8. The van der Waals surface area contributed by atoms with E-state index in [0.29, 0.717) is 12.2 Å². The number of amides is 1. The first-order chi connectivity index (χ1) is 9.20. The SMILES string of the molecule is Cc1ccoc1C(=O)N[C@H](CO)Cc1ccccc1. The molecule has 1 atom stereocenters. The summed E-state index contributed by atoms with van der Waals surface area (Å²) < 4.78 is 5.13. The monoisotopic (exact) mass is 259 g/mol. The van der Waals surface area contributed by atoms with Gasteiger partial charge in [-0.1, -0.05) is 30.3 Å². The van der Waals surface area contributed by atoms with Gasteiger partial charge in [0.05, 0.1) is 18.9 Å². The summed E-state index contributed by atoms with van der Waals surface area (Å²) in [5, 5.41) is 12.1. The van der Waals surface area contributed by atoms with E-state index in [1.165, 1.54) is 6.26 Å². The number of hydrogen-bond donors (Lipinski definition) is 2. The lowest BCUT2D eigenvalue weighted by Crippen LogP contribution is -2.39. The van der Waals surface area contributed by atoms with Crippen molar-refractivity contribution in [3.05, 3.63) is 59.5 Å². The van der Waals surface area contributed by atoms with Gasteiger partial charge in [-0.05, 0) is 25.0 Å². The van der Waals surface area contributed by atoms with Crippen molar-refractivity contribution >= 4 is 5.91 Å². The molecule has 100 valence electrons. The fraction of sp³-hybridized carbons (Fsp3) is 0.267. The highest BCUT2D eigenvalue weighted by Gasteiger charge is 2.17. The van der Waals surface area contributed by atoms with Crippen molar-refractivity contribution in [2.45, 2.75) is 19.4 Å². The summed E-state index contributed by atoms with van der Waals surface area (Å²) in [5.74, 6) is 0.00370. The van der Waals surface area contributed by atoms with Crippen LogP contribution in [-0.2, 0) is 6.42 Å². The zero-order chi connectivity index (χ0) is 13.7. The predicted octanol–water partition coefficient (Wildman–Crippen LogP) is 1.92. The van der Waals surface area contributed by atoms with E-state index in [0.717, 1.165) is 11.1 Å². The standard InChI is InChI=1S/C15H17NO3/c1-11-7-8-19-14(11)15(18)16-13(10-17)9-12-5-3-2-4-6-12/h2-8,13,17H,9-10H2,1H3,(H,16,18)/t13-/m0/s1. The van der Waals surface area contributed by atoms with E-state index in [4.69, 9.17) is 4.42 Å². The van der Waals surface area contributed by atoms with Crippen molar-refractivity contribution in [2.24, 2.45) is 0 Å². The third-order valence-corrected chi connectivity index (χ3v) is 2.95. The Bertz CT molecular complexity index is 533. The Morgan fingerprint density at radius 1 is 1.32 bits per heavy atom. The fourth-order valence-electron chi connectivity index (χ4n) is 1.92. The molecule has 2 rings (SSSR count). The van der Waals surface area contributed by atoms with Crippen molar-refractivity contribution in [3.63, 3.8) is 0 Å². The van der Waals surface area contributed by atoms with Crippen molar-refractivity contribution in [3.8, 4) is 0 Å². The van der Waals surface area contributed by atoms with E-state index in [2.05, 4.69) is 5.32 Å². The molecule has 1 aromatic carbocycles. The number of aryl methyl sites for hydroxylation is 1. The second kappa shape index (κ2) is 6.20. The Kier molecular flexibility index (Phi) is 4.36. The molecule has 0 spiro atoms. The maximum atomic E-state index is 12.0. The molecule has 1 amide bonds. The topological polar surface area (TPSA) is 62.5 Å². The number of benzene rings is 1. The van der Waals surface area contributed by atoms with Crippen LogP contribution >= 0.6 is 0 Å². The lowest BCUT2D eigenvalue weighted by atomic mass is 10.1. The average molecular weight is 259 g/mol. The van der Waals surface area contributed by atoms with Crippen LogP contribution in [0.3, 0.4) is 0 Å². The van der Waals surface area contributed by atoms with Crippen LogP contribution in [0.5, 0.6) is 0 Å². The van der Waals surface area contributed by atoms with Gasteiger partial charge in [0.1, 0.15) is 0 Å². The minimum Gasteiger partial charge on any atom is -0.459 e. The molecule has 4 heteroatoms. The van der Waals surface area contributed by atoms with Gasteiger partial charge in [-0.2, -0.15) is 0 Å². The van der Waals surface area contributed by atoms with Gasteiger partial charge in [0.15, 0.2) is 5.76 Å². The fourth-order valence-corrected chi connectivity index (χ4v) is 1.92. The number of rotatable bonds is 5. The van der Waals surface area contributed by atoms with Gasteiger partial charge in [0, 0.05) is 5.56 Å². The first-order valence-electron chi connectivity index (χ1n) is 6.20. The molecule has 2 aromatic rings. The van der Waals surface area contributed by atoms with Gasteiger partial charge in [-0.15, -0.1) is 0 Å². The van der Waals surface area contributed by atoms with Crippen LogP contribution in [0, 0.1) is 6.92 Å². The Labute approximate surface area is 112 Å². The van der Waals surface area contributed by atoms with Crippen molar-refractivity contribution in [1.82, 2.24) is 5.32 Å². The summed E-state index contributed by atoms with van der Waals surface area (Å²) in [4.78, 5) is 12.0. The Morgan fingerprint density at radius 3 is 2.63 bits per heavy atom. The Balaban J connectivity index is 2.00. The molecule has 0 bridgehead atoms. The van der Waals surface area contributed by atoms with E-state index in [-0.39, 0.29) is 18.6 Å². The van der Waals surface area contributed by atoms with E-state index in [9.17, 15) is 9.90 Å². The summed E-state index contributed by atoms with van der Waals surface area (Å²) in [6, 6.07) is 11.1. The summed E-state index contributed by atoms with van der Waals surface area (Å²) in [6.07, 6.45) is 2.07. The third-order valence-electron chi connectivity index (χ3n) is 2.95. The Hall–Kier alpha value is -2.07. The van der Waals surface area contributed by atoms with Crippen LogP contribution in [0.4, 0.5) is 0 Å². The van der Waals surface area contributed by atoms with Crippen LogP contribution in [0.2, 0.25) is 0 Å². The van der Waals surface area contributed by atoms with Gasteiger partial charge in [0.2, 0.25) is 0 Å². The van der Waals surface area contributed by atoms with Crippen LogP contribution in [0.25, 0.3) is 0 Å². The third kappa shape index (κ3) is 3.45. The molecule has 0 aliphatic carbocycles. The minimum absolute atomic E-state index is 0.111. The molecule has 0 saturated heterocycles. The number of furan rings is 1. The van der Waals surface area contributed by atoms with Gasteiger partial charge in [-0.3, -0.25) is 4.79 Å². The number of carbonyl (C=O) groups is 1. The van der Waals surface area contributed by atoms with Crippen molar-refractivity contribution in [2.75, 3.05) is 6.61 Å². The first-order valence-corrected chi connectivity index (χ1v) is 6.20. The molecule has 0 fully saturated rings. The van der Waals surface area contributed by atoms with Crippen LogP contribution in [0.1, 0.15) is 21.7 Å². The first kappa shape index (κ1) is 13.4. The maximum absolute atomic E-state index is 12.0. The second-order valence-corrected chi connectivity index (χ2v) is 4.48. The van der Waals surface area contributed by atoms with E-state index < -0.39 is 0 Å². The molecule has 1 aromatic heterocycles. The molecular formula is C15H17NO3. The highest BCUT2D eigenvalue weighted by molar-refractivity contribution is 5.93. The number of hydrogen-bond acceptors (Lipinski definition) is 3. The number of carbonyl (C=O) groups excluding carboxylic acids is 1. The largest absolute Gasteiger partial charge is 0.459 e. The van der Waals surface area contributed by atoms with Gasteiger partial charge < -0.3 is 14.8 Å². The molecule has 1 heterocycles. The summed E-state index contributed by atoms with van der Waals surface area (Å²) in [7, 11) is 0. The zero-order valence-electron chi connectivity index (χ0n) is 10.8. The van der Waals surface area contributed by atoms with Crippen LogP contribution < -0.4 is 5.32 Å². The van der Waals surface area contributed by atoms with Gasteiger partial charge in [-0.25, -0.2) is 0 Å². The van der Waals surface area contributed by atoms with Gasteiger partial charge in [0.25, 0.3) is 5.91 Å². The van der Waals surface area contributed by atoms with Crippen molar-refractivity contribution < 1.29 is 14.3 Å². The highest BCUT2D eigenvalue weighted by atomic mass is 16.3. The Morgan fingerprint density at radius 2 is 2.05 bits per heavy atom. The molecule has 2 N–H and O–H groups in total. The average Bonchev–Trinajstić information content (AvgIpc) is 2.85. The number of nitrogens with one attached hydrogen (secondary N) is 1. The summed E-state index contributed by atoms with van der Waals surface area (Å²) >= 11 is 0. The van der Waals surface area contributed by atoms with E-state index >= 15 is 0 Å². The molecule has 0 aliphatic rings. The second-order valence-electron chi connectivity index (χ2n) is 4.48. The smallest absolute Gasteiger partial charge is 0.287 e. The minimum atomic E-state index is -0.320. The predicted molar refractivity (Wildman–Crippen MR) is 71.9 cm³/mol. The molecule has 0 radical (unpaired) electrons. The molecule has 0 aliphatic heterocycles. The molecular weight excluding hydrogens is 242 g/mol. The number of aliphatic hydroxyl groups excluding tert-OH is 1. The normalized spacial score (nSPS) is 12.1. The lowest BCUT2D eigenvalue weighted by molar-refractivity contribution is 0.0887.